The smallest absolute Gasteiger partial charge is 0.410 e. The van der Waals surface area contributed by atoms with Gasteiger partial charge in [-0.3, -0.25) is 9.69 Å². The highest BCUT2D eigenvalue weighted by Gasteiger charge is 2.46. The summed E-state index contributed by atoms with van der Waals surface area (Å²) in [5, 5.41) is 10.1. The highest BCUT2D eigenvalue weighted by Crippen LogP contribution is 2.43. The Hall–Kier alpha value is -3.40. The number of aromatic amines is 1. The SMILES string of the molecule is COC(=O)c1nc([C@]2(N(C)C(=O)OC(C)(C)C)CC[C@H](COCc3ccccc3)CC2)[nH]c(=O)c1O. The number of nitrogens with one attached hydrogen (secondary N) is 1. The summed E-state index contributed by atoms with van der Waals surface area (Å²) in [5.74, 6) is -1.44. The summed E-state index contributed by atoms with van der Waals surface area (Å²) in [7, 11) is 2.72. The van der Waals surface area contributed by atoms with Crippen molar-refractivity contribution in [1.29, 1.82) is 0 Å². The van der Waals surface area contributed by atoms with E-state index in [-0.39, 0.29) is 11.7 Å². The molecule has 10 nitrogen and oxygen atoms in total. The summed E-state index contributed by atoms with van der Waals surface area (Å²) in [5.41, 5.74) is -2.09. The van der Waals surface area contributed by atoms with Gasteiger partial charge < -0.3 is 24.3 Å². The number of rotatable bonds is 7. The second-order valence-corrected chi connectivity index (χ2v) is 10.1. The van der Waals surface area contributed by atoms with Crippen LogP contribution in [0.2, 0.25) is 0 Å². The minimum absolute atomic E-state index is 0.0997. The molecule has 1 aromatic heterocycles. The monoisotopic (exact) mass is 501 g/mol. The molecule has 3 rings (SSSR count). The molecule has 0 radical (unpaired) electrons. The lowest BCUT2D eigenvalue weighted by molar-refractivity contribution is -0.0196. The van der Waals surface area contributed by atoms with E-state index in [4.69, 9.17) is 9.47 Å². The van der Waals surface area contributed by atoms with Crippen LogP contribution in [0.15, 0.2) is 35.1 Å². The van der Waals surface area contributed by atoms with Gasteiger partial charge in [0.1, 0.15) is 17.0 Å². The Morgan fingerprint density at radius 1 is 1.19 bits per heavy atom. The van der Waals surface area contributed by atoms with Crippen molar-refractivity contribution in [2.24, 2.45) is 5.92 Å². The molecule has 0 bridgehead atoms. The van der Waals surface area contributed by atoms with Crippen LogP contribution < -0.4 is 5.56 Å². The fraction of sp³-hybridized carbons (Fsp3) is 0.538. The summed E-state index contributed by atoms with van der Waals surface area (Å²) < 4.78 is 16.2. The van der Waals surface area contributed by atoms with Crippen LogP contribution in [0.1, 0.15) is 68.3 Å². The number of nitrogens with zero attached hydrogens (tertiary/aromatic N) is 2. The van der Waals surface area contributed by atoms with Crippen molar-refractivity contribution in [3.63, 3.8) is 0 Å². The normalized spacial score (nSPS) is 20.0. The summed E-state index contributed by atoms with van der Waals surface area (Å²) in [4.78, 5) is 46.1. The van der Waals surface area contributed by atoms with E-state index in [9.17, 15) is 19.5 Å². The maximum atomic E-state index is 13.1. The van der Waals surface area contributed by atoms with Crippen molar-refractivity contribution in [2.75, 3.05) is 20.8 Å². The first-order valence-corrected chi connectivity index (χ1v) is 12.0. The second-order valence-electron chi connectivity index (χ2n) is 10.1. The molecule has 1 fully saturated rings. The fourth-order valence-corrected chi connectivity index (χ4v) is 4.40. The first-order valence-electron chi connectivity index (χ1n) is 12.0. The summed E-state index contributed by atoms with van der Waals surface area (Å²) in [6, 6.07) is 9.90. The third-order valence-corrected chi connectivity index (χ3v) is 6.42. The zero-order valence-corrected chi connectivity index (χ0v) is 21.5. The zero-order chi connectivity index (χ0) is 26.5. The molecule has 0 unspecified atom stereocenters. The molecule has 0 atom stereocenters. The number of H-pyrrole nitrogens is 1. The highest BCUT2D eigenvalue weighted by molar-refractivity contribution is 5.89. The second kappa shape index (κ2) is 11.1. The minimum Gasteiger partial charge on any atom is -0.501 e. The average molecular weight is 502 g/mol. The van der Waals surface area contributed by atoms with E-state index in [2.05, 4.69) is 14.7 Å². The van der Waals surface area contributed by atoms with E-state index >= 15 is 0 Å². The molecule has 1 heterocycles. The van der Waals surface area contributed by atoms with Gasteiger partial charge in [0.2, 0.25) is 5.75 Å². The van der Waals surface area contributed by atoms with Gasteiger partial charge in [0.15, 0.2) is 5.69 Å². The first-order chi connectivity index (χ1) is 17.0. The molecule has 0 spiro atoms. The van der Waals surface area contributed by atoms with Crippen molar-refractivity contribution >= 4 is 12.1 Å². The Labute approximate surface area is 210 Å². The number of esters is 1. The summed E-state index contributed by atoms with van der Waals surface area (Å²) in [6.45, 7) is 6.36. The van der Waals surface area contributed by atoms with Crippen LogP contribution in [0.25, 0.3) is 0 Å². The lowest BCUT2D eigenvalue weighted by atomic mass is 9.75. The van der Waals surface area contributed by atoms with Crippen LogP contribution in [-0.2, 0) is 26.4 Å². The maximum absolute atomic E-state index is 13.1. The number of amides is 1. The van der Waals surface area contributed by atoms with E-state index in [0.29, 0.717) is 38.9 Å². The molecule has 0 saturated heterocycles. The van der Waals surface area contributed by atoms with E-state index in [1.165, 1.54) is 4.90 Å². The largest absolute Gasteiger partial charge is 0.501 e. The Morgan fingerprint density at radius 2 is 1.83 bits per heavy atom. The molecule has 36 heavy (non-hydrogen) atoms. The number of benzene rings is 1. The van der Waals surface area contributed by atoms with E-state index < -0.39 is 40.2 Å². The highest BCUT2D eigenvalue weighted by atomic mass is 16.6. The van der Waals surface area contributed by atoms with E-state index in [1.807, 2.05) is 30.3 Å². The third-order valence-electron chi connectivity index (χ3n) is 6.42. The van der Waals surface area contributed by atoms with Crippen LogP contribution in [0.5, 0.6) is 5.75 Å². The Bertz CT molecular complexity index is 1120. The van der Waals surface area contributed by atoms with Crippen molar-refractivity contribution < 1.29 is 28.9 Å². The van der Waals surface area contributed by atoms with E-state index in [1.54, 1.807) is 27.8 Å². The first kappa shape index (κ1) is 27.2. The molecule has 196 valence electrons. The molecule has 2 aromatic rings. The topological polar surface area (TPSA) is 131 Å². The van der Waals surface area contributed by atoms with Gasteiger partial charge in [0.05, 0.1) is 13.7 Å². The van der Waals surface area contributed by atoms with Gasteiger partial charge in [-0.15, -0.1) is 0 Å². The molecular formula is C26H35N3O7. The van der Waals surface area contributed by atoms with Crippen LogP contribution in [-0.4, -0.2) is 58.4 Å². The van der Waals surface area contributed by atoms with Gasteiger partial charge in [0.25, 0.3) is 5.56 Å². The minimum atomic E-state index is -1.06. The molecule has 0 aliphatic heterocycles. The number of aromatic nitrogens is 2. The Balaban J connectivity index is 1.86. The van der Waals surface area contributed by atoms with Gasteiger partial charge in [-0.1, -0.05) is 30.3 Å². The Morgan fingerprint density at radius 3 is 2.42 bits per heavy atom. The van der Waals surface area contributed by atoms with Crippen molar-refractivity contribution in [1.82, 2.24) is 14.9 Å². The quantitative estimate of drug-likeness (QED) is 0.549. The molecule has 2 N–H and O–H groups in total. The maximum Gasteiger partial charge on any atom is 0.410 e. The predicted molar refractivity (Wildman–Crippen MR) is 132 cm³/mol. The zero-order valence-electron chi connectivity index (χ0n) is 21.5. The van der Waals surface area contributed by atoms with Gasteiger partial charge in [-0.05, 0) is 57.9 Å². The standard InChI is InChI=1S/C26H35N3O7/c1-25(2,3)36-24(33)29(4)26(23-27-19(22(32)34-5)20(30)21(31)28-23)13-11-18(12-14-26)16-35-15-17-9-7-6-8-10-17/h6-10,18,30H,11-16H2,1-5H3,(H,27,28,31)/t18-,26-. The number of hydrogen-bond donors (Lipinski definition) is 2. The molecular weight excluding hydrogens is 466 g/mol. The molecule has 1 aliphatic rings. The van der Waals surface area contributed by atoms with Crippen LogP contribution in [0.4, 0.5) is 4.79 Å². The fourth-order valence-electron chi connectivity index (χ4n) is 4.40. The van der Waals surface area contributed by atoms with Crippen molar-refractivity contribution in [3.05, 3.63) is 57.8 Å². The number of ether oxygens (including phenoxy) is 3. The molecule has 1 aromatic carbocycles. The van der Waals surface area contributed by atoms with Gasteiger partial charge in [0, 0.05) is 13.7 Å². The van der Waals surface area contributed by atoms with Gasteiger partial charge >= 0.3 is 12.1 Å². The molecule has 1 amide bonds. The third kappa shape index (κ3) is 6.23. The lowest BCUT2D eigenvalue weighted by Crippen LogP contribution is -2.52. The van der Waals surface area contributed by atoms with Gasteiger partial charge in [-0.25, -0.2) is 14.6 Å². The van der Waals surface area contributed by atoms with Crippen LogP contribution >= 0.6 is 0 Å². The number of aromatic hydroxyl groups is 1. The number of carbonyl (C=O) groups is 2. The number of methoxy groups -OCH3 is 1. The van der Waals surface area contributed by atoms with Gasteiger partial charge in [-0.2, -0.15) is 0 Å². The number of hydrogen-bond acceptors (Lipinski definition) is 8. The average Bonchev–Trinajstić information content (AvgIpc) is 2.84. The van der Waals surface area contributed by atoms with Crippen LogP contribution in [0.3, 0.4) is 0 Å². The predicted octanol–water partition coefficient (Wildman–Crippen LogP) is 3.73. The van der Waals surface area contributed by atoms with Crippen molar-refractivity contribution in [3.8, 4) is 5.75 Å². The molecule has 10 heteroatoms. The van der Waals surface area contributed by atoms with E-state index in [0.717, 1.165) is 12.7 Å². The van der Waals surface area contributed by atoms with Crippen LogP contribution in [0, 0.1) is 5.92 Å². The summed E-state index contributed by atoms with van der Waals surface area (Å²) in [6.07, 6.45) is 1.66. The summed E-state index contributed by atoms with van der Waals surface area (Å²) >= 11 is 0. The molecule has 1 saturated carbocycles. The molecule has 1 aliphatic carbocycles. The number of carbonyl (C=O) groups excluding carboxylic acids is 2. The van der Waals surface area contributed by atoms with Crippen molar-refractivity contribution in [2.45, 2.75) is 64.2 Å². The Kier molecular flexibility index (Phi) is 8.39. The lowest BCUT2D eigenvalue weighted by Gasteiger charge is -2.45.